The van der Waals surface area contributed by atoms with Crippen LogP contribution in [0.5, 0.6) is 0 Å². The number of sulfonamides is 1. The molecule has 2 aromatic heterocycles. The van der Waals surface area contributed by atoms with Gasteiger partial charge in [0.1, 0.15) is 11.3 Å². The van der Waals surface area contributed by atoms with Crippen LogP contribution in [0.1, 0.15) is 23.2 Å². The number of aromatic nitrogens is 3. The van der Waals surface area contributed by atoms with Crippen molar-refractivity contribution in [3.63, 3.8) is 0 Å². The van der Waals surface area contributed by atoms with Gasteiger partial charge >= 0.3 is 0 Å². The second kappa shape index (κ2) is 7.34. The van der Waals surface area contributed by atoms with E-state index in [0.29, 0.717) is 37.4 Å². The zero-order chi connectivity index (χ0) is 18.7. The molecule has 0 saturated carbocycles. The van der Waals surface area contributed by atoms with Crippen molar-refractivity contribution < 1.29 is 13.2 Å². The fraction of sp³-hybridized carbons (Fsp3) is 0.375. The smallest absolute Gasteiger partial charge is 0.264 e. The molecule has 0 aromatic carbocycles. The molecule has 0 atom stereocenters. The average molecular weight is 377 g/mol. The van der Waals surface area contributed by atoms with Crippen molar-refractivity contribution in [3.8, 4) is 11.5 Å². The van der Waals surface area contributed by atoms with E-state index in [2.05, 4.69) is 19.7 Å². The Morgan fingerprint density at radius 3 is 2.58 bits per heavy atom. The second-order valence-corrected chi connectivity index (χ2v) is 7.93. The van der Waals surface area contributed by atoms with Crippen molar-refractivity contribution in [1.29, 1.82) is 0 Å². The Balaban J connectivity index is 1.70. The Hall–Kier alpha value is -2.59. The van der Waals surface area contributed by atoms with Crippen molar-refractivity contribution in [2.24, 2.45) is 0 Å². The number of hydrogen-bond donors (Lipinski definition) is 2. The molecule has 0 radical (unpaired) electrons. The van der Waals surface area contributed by atoms with Crippen LogP contribution >= 0.6 is 0 Å². The van der Waals surface area contributed by atoms with Crippen molar-refractivity contribution in [3.05, 3.63) is 46.5 Å². The third-order valence-corrected chi connectivity index (χ3v) is 4.86. The normalized spacial score (nSPS) is 15.8. The molecular weight excluding hydrogens is 358 g/mol. The van der Waals surface area contributed by atoms with Gasteiger partial charge in [-0.1, -0.05) is 6.07 Å². The fourth-order valence-electron chi connectivity index (χ4n) is 2.85. The van der Waals surface area contributed by atoms with Gasteiger partial charge in [0.15, 0.2) is 5.82 Å². The van der Waals surface area contributed by atoms with Crippen LogP contribution < -0.4 is 10.3 Å². The quantitative estimate of drug-likeness (QED) is 0.772. The molecule has 26 heavy (non-hydrogen) atoms. The van der Waals surface area contributed by atoms with Crippen LogP contribution in [0.4, 0.5) is 0 Å². The van der Waals surface area contributed by atoms with Crippen molar-refractivity contribution in [1.82, 2.24) is 24.6 Å². The maximum atomic E-state index is 12.6. The van der Waals surface area contributed by atoms with E-state index in [1.807, 2.05) is 0 Å². The summed E-state index contributed by atoms with van der Waals surface area (Å²) in [5, 5.41) is 0. The molecule has 2 aromatic rings. The summed E-state index contributed by atoms with van der Waals surface area (Å²) in [4.78, 5) is 37.2. The molecule has 10 heteroatoms. The van der Waals surface area contributed by atoms with E-state index in [1.54, 1.807) is 24.4 Å². The molecule has 0 aliphatic carbocycles. The number of piperidine rings is 1. The molecule has 0 bridgehead atoms. The van der Waals surface area contributed by atoms with Gasteiger partial charge in [-0.05, 0) is 25.0 Å². The maximum Gasteiger partial charge on any atom is 0.264 e. The molecule has 138 valence electrons. The number of nitrogens with one attached hydrogen (secondary N) is 2. The zero-order valence-corrected chi connectivity index (χ0v) is 15.0. The highest BCUT2D eigenvalue weighted by Gasteiger charge is 2.26. The average Bonchev–Trinajstić information content (AvgIpc) is 2.61. The van der Waals surface area contributed by atoms with E-state index < -0.39 is 21.5 Å². The van der Waals surface area contributed by atoms with E-state index in [0.717, 1.165) is 6.26 Å². The zero-order valence-electron chi connectivity index (χ0n) is 14.2. The first kappa shape index (κ1) is 18.2. The van der Waals surface area contributed by atoms with E-state index in [9.17, 15) is 18.0 Å². The highest BCUT2D eigenvalue weighted by atomic mass is 32.2. The van der Waals surface area contributed by atoms with E-state index in [-0.39, 0.29) is 11.6 Å². The molecule has 1 aliphatic rings. The van der Waals surface area contributed by atoms with Crippen molar-refractivity contribution in [2.45, 2.75) is 18.9 Å². The van der Waals surface area contributed by atoms with Gasteiger partial charge in [0.25, 0.3) is 11.5 Å². The Bertz CT molecular complexity index is 950. The van der Waals surface area contributed by atoms with Gasteiger partial charge in [-0.15, -0.1) is 0 Å². The highest BCUT2D eigenvalue weighted by Crippen LogP contribution is 2.14. The van der Waals surface area contributed by atoms with E-state index in [4.69, 9.17) is 0 Å². The lowest BCUT2D eigenvalue weighted by atomic mass is 10.1. The number of H-pyrrole nitrogens is 1. The summed E-state index contributed by atoms with van der Waals surface area (Å²) < 4.78 is 25.1. The van der Waals surface area contributed by atoms with E-state index >= 15 is 0 Å². The van der Waals surface area contributed by atoms with Crippen LogP contribution in [-0.4, -0.2) is 59.6 Å². The molecule has 3 heterocycles. The molecule has 3 rings (SSSR count). The summed E-state index contributed by atoms with van der Waals surface area (Å²) in [5.74, 6) is -0.118. The lowest BCUT2D eigenvalue weighted by molar-refractivity contribution is 0.0709. The van der Waals surface area contributed by atoms with Gasteiger partial charge in [0.05, 0.1) is 6.26 Å². The number of hydrogen-bond acceptors (Lipinski definition) is 6. The van der Waals surface area contributed by atoms with Gasteiger partial charge in [0, 0.05) is 31.5 Å². The summed E-state index contributed by atoms with van der Waals surface area (Å²) in [6.07, 6.45) is 4.94. The predicted molar refractivity (Wildman–Crippen MR) is 95.0 cm³/mol. The number of likely N-dealkylation sites (tertiary alicyclic amines) is 1. The second-order valence-electron chi connectivity index (χ2n) is 6.15. The Morgan fingerprint density at radius 2 is 2.00 bits per heavy atom. The summed E-state index contributed by atoms with van der Waals surface area (Å²) in [6.45, 7) is 0.737. The summed E-state index contributed by atoms with van der Waals surface area (Å²) >= 11 is 0. The number of nitrogens with zero attached hydrogens (tertiary/aromatic N) is 3. The highest BCUT2D eigenvalue weighted by molar-refractivity contribution is 7.88. The molecule has 9 nitrogen and oxygen atoms in total. The minimum absolute atomic E-state index is 0.0424. The van der Waals surface area contributed by atoms with Gasteiger partial charge < -0.3 is 9.88 Å². The van der Waals surface area contributed by atoms with Crippen LogP contribution in [0, 0.1) is 0 Å². The minimum atomic E-state index is -3.28. The first-order valence-corrected chi connectivity index (χ1v) is 10.00. The summed E-state index contributed by atoms with van der Waals surface area (Å²) in [7, 11) is -3.28. The first-order valence-electron chi connectivity index (χ1n) is 8.11. The maximum absolute atomic E-state index is 12.6. The third-order valence-electron chi connectivity index (χ3n) is 4.10. The third kappa shape index (κ3) is 4.33. The van der Waals surface area contributed by atoms with Crippen molar-refractivity contribution in [2.75, 3.05) is 19.3 Å². The van der Waals surface area contributed by atoms with Gasteiger partial charge in [-0.2, -0.15) is 0 Å². The standard InChI is InChI=1S/C16H19N5O4S/c1-26(24,25)20-11-5-8-21(9-6-11)16(23)12-10-18-14(19-15(12)22)13-4-2-3-7-17-13/h2-4,7,10-11,20H,5-6,8-9H2,1H3,(H,18,19,22). The van der Waals surface area contributed by atoms with Crippen LogP contribution in [0.3, 0.4) is 0 Å². The largest absolute Gasteiger partial charge is 0.338 e. The van der Waals surface area contributed by atoms with Gasteiger partial charge in [0.2, 0.25) is 10.0 Å². The predicted octanol–water partition coefficient (Wildman–Crippen LogP) is -0.0143. The Kier molecular flexibility index (Phi) is 5.14. The number of carbonyl (C=O) groups excluding carboxylic acids is 1. The fourth-order valence-corrected chi connectivity index (χ4v) is 3.69. The number of carbonyl (C=O) groups is 1. The summed E-state index contributed by atoms with van der Waals surface area (Å²) in [5.41, 5.74) is -0.0579. The lowest BCUT2D eigenvalue weighted by Gasteiger charge is -2.31. The topological polar surface area (TPSA) is 125 Å². The van der Waals surface area contributed by atoms with Gasteiger partial charge in [-0.25, -0.2) is 18.1 Å². The van der Waals surface area contributed by atoms with Gasteiger partial charge in [-0.3, -0.25) is 14.6 Å². The van der Waals surface area contributed by atoms with Crippen LogP contribution in [-0.2, 0) is 10.0 Å². The van der Waals surface area contributed by atoms with E-state index in [1.165, 1.54) is 11.1 Å². The summed E-state index contributed by atoms with van der Waals surface area (Å²) in [6, 6.07) is 5.04. The molecule has 2 N–H and O–H groups in total. The van der Waals surface area contributed by atoms with Crippen LogP contribution in [0.25, 0.3) is 11.5 Å². The van der Waals surface area contributed by atoms with Crippen molar-refractivity contribution >= 4 is 15.9 Å². The number of pyridine rings is 1. The Labute approximate surface area is 150 Å². The lowest BCUT2D eigenvalue weighted by Crippen LogP contribution is -2.47. The molecule has 0 unspecified atom stereocenters. The van der Waals surface area contributed by atoms with Crippen LogP contribution in [0.15, 0.2) is 35.4 Å². The first-order chi connectivity index (χ1) is 12.3. The minimum Gasteiger partial charge on any atom is -0.338 e. The number of aromatic amines is 1. The molecular formula is C16H19N5O4S. The number of rotatable bonds is 4. The molecule has 1 fully saturated rings. The Morgan fingerprint density at radius 1 is 1.27 bits per heavy atom. The molecule has 1 amide bonds. The molecule has 0 spiro atoms. The number of amides is 1. The van der Waals surface area contributed by atoms with Crippen LogP contribution in [0.2, 0.25) is 0 Å². The SMILES string of the molecule is CS(=O)(=O)NC1CCN(C(=O)c2cnc(-c3ccccn3)[nH]c2=O)CC1. The monoisotopic (exact) mass is 377 g/mol. The molecule has 1 saturated heterocycles. The molecule has 1 aliphatic heterocycles.